The molecule has 0 aliphatic heterocycles. The predicted octanol–water partition coefficient (Wildman–Crippen LogP) is 9.96. The van der Waals surface area contributed by atoms with Gasteiger partial charge in [-0.2, -0.15) is 12.6 Å². The van der Waals surface area contributed by atoms with E-state index in [1.165, 1.54) is 99.2 Å². The number of aromatic nitrogens is 1. The van der Waals surface area contributed by atoms with Gasteiger partial charge in [0, 0.05) is 28.7 Å². The quantitative estimate of drug-likeness (QED) is 0.242. The Morgan fingerprint density at radius 1 is 0.971 bits per heavy atom. The normalized spacial score (nSPS) is 20.0. The molecule has 0 radical (unpaired) electrons. The number of hydrogen-bond acceptors (Lipinski definition) is 1. The molecule has 0 amide bonds. The van der Waals surface area contributed by atoms with Crippen molar-refractivity contribution in [2.45, 2.75) is 117 Å². The summed E-state index contributed by atoms with van der Waals surface area (Å²) in [6.07, 6.45) is 19.0. The molecule has 2 aliphatic rings. The summed E-state index contributed by atoms with van der Waals surface area (Å²) in [4.78, 5) is 0. The first-order valence-electron chi connectivity index (χ1n) is 14.4. The lowest BCUT2D eigenvalue weighted by Crippen LogP contribution is -2.08. The molecule has 2 aliphatic carbocycles. The number of benzene rings is 1. The van der Waals surface area contributed by atoms with Gasteiger partial charge in [-0.3, -0.25) is 0 Å². The minimum Gasteiger partial charge on any atom is -0.344 e. The molecule has 2 saturated carbocycles. The summed E-state index contributed by atoms with van der Waals surface area (Å²) in [5, 5.41) is 1.49. The molecule has 2 heteroatoms. The van der Waals surface area contributed by atoms with E-state index in [4.69, 9.17) is 0 Å². The molecule has 0 saturated heterocycles. The van der Waals surface area contributed by atoms with Crippen molar-refractivity contribution in [3.63, 3.8) is 0 Å². The fourth-order valence-electron chi connectivity index (χ4n) is 6.93. The van der Waals surface area contributed by atoms with E-state index in [9.17, 15) is 0 Å². The summed E-state index contributed by atoms with van der Waals surface area (Å²) in [5.74, 6) is 4.14. The predicted molar refractivity (Wildman–Crippen MR) is 154 cm³/mol. The molecule has 188 valence electrons. The highest BCUT2D eigenvalue weighted by Gasteiger charge is 2.25. The van der Waals surface area contributed by atoms with Crippen molar-refractivity contribution in [2.75, 3.05) is 5.75 Å². The van der Waals surface area contributed by atoms with Gasteiger partial charge in [0.25, 0.3) is 0 Å². The van der Waals surface area contributed by atoms with Crippen LogP contribution in [0, 0.1) is 24.7 Å². The molecule has 2 unspecified atom stereocenters. The van der Waals surface area contributed by atoms with Gasteiger partial charge in [0.2, 0.25) is 0 Å². The van der Waals surface area contributed by atoms with Gasteiger partial charge in [-0.05, 0) is 99.5 Å². The number of hydrogen-bond donors (Lipinski definition) is 1. The van der Waals surface area contributed by atoms with Crippen LogP contribution in [0.5, 0.6) is 0 Å². The van der Waals surface area contributed by atoms with E-state index < -0.39 is 0 Å². The number of rotatable bonds is 11. The van der Waals surface area contributed by atoms with Crippen LogP contribution in [0.15, 0.2) is 23.8 Å². The van der Waals surface area contributed by atoms with Crippen LogP contribution < -0.4 is 0 Å². The Labute approximate surface area is 215 Å². The van der Waals surface area contributed by atoms with E-state index in [1.807, 2.05) is 0 Å². The van der Waals surface area contributed by atoms with Crippen molar-refractivity contribution in [2.24, 2.45) is 17.8 Å². The van der Waals surface area contributed by atoms with Gasteiger partial charge in [0.05, 0.1) is 0 Å². The van der Waals surface area contributed by atoms with Crippen molar-refractivity contribution < 1.29 is 0 Å². The first-order chi connectivity index (χ1) is 16.5. The SMILES string of the molecule is CC(=Cc1c(C)n(CCCCCCS)c2ccc(C(C)C3CCCC3)cc12)C(C)C1CCCC1. The molecule has 2 fully saturated rings. The average Bonchev–Trinajstić information content (AvgIpc) is 3.61. The second kappa shape index (κ2) is 12.2. The summed E-state index contributed by atoms with van der Waals surface area (Å²) in [5.41, 5.74) is 7.54. The largest absolute Gasteiger partial charge is 0.344 e. The molecule has 2 aromatic rings. The molecule has 1 aromatic heterocycles. The van der Waals surface area contributed by atoms with Crippen molar-refractivity contribution in [3.05, 3.63) is 40.6 Å². The molecule has 1 heterocycles. The second-order valence-electron chi connectivity index (χ2n) is 11.6. The number of allylic oxidation sites excluding steroid dienone is 1. The number of thiol groups is 1. The number of unbranched alkanes of at least 4 members (excludes halogenated alkanes) is 3. The second-order valence-corrected chi connectivity index (χ2v) is 12.1. The smallest absolute Gasteiger partial charge is 0.0488 e. The third kappa shape index (κ3) is 5.80. The third-order valence-electron chi connectivity index (χ3n) is 9.52. The highest BCUT2D eigenvalue weighted by Crippen LogP contribution is 2.40. The molecule has 0 N–H and O–H groups in total. The molecule has 2 atom stereocenters. The summed E-state index contributed by atoms with van der Waals surface area (Å²) in [6, 6.07) is 7.47. The Morgan fingerprint density at radius 2 is 1.62 bits per heavy atom. The number of nitrogens with zero attached hydrogens (tertiary/aromatic N) is 1. The molecular weight excluding hydrogens is 430 g/mol. The van der Waals surface area contributed by atoms with Gasteiger partial charge in [0.1, 0.15) is 0 Å². The van der Waals surface area contributed by atoms with E-state index in [1.54, 1.807) is 11.1 Å². The molecule has 4 rings (SSSR count). The van der Waals surface area contributed by atoms with Crippen molar-refractivity contribution >= 4 is 29.6 Å². The Bertz CT molecular complexity index is 955. The van der Waals surface area contributed by atoms with Gasteiger partial charge >= 0.3 is 0 Å². The lowest BCUT2D eigenvalue weighted by atomic mass is 9.85. The minimum absolute atomic E-state index is 0.673. The lowest BCUT2D eigenvalue weighted by molar-refractivity contribution is 0.417. The molecule has 1 nitrogen and oxygen atoms in total. The maximum atomic E-state index is 4.39. The maximum absolute atomic E-state index is 4.39. The van der Waals surface area contributed by atoms with Gasteiger partial charge < -0.3 is 4.57 Å². The Morgan fingerprint density at radius 3 is 2.29 bits per heavy atom. The van der Waals surface area contributed by atoms with Gasteiger partial charge in [-0.25, -0.2) is 0 Å². The van der Waals surface area contributed by atoms with Crippen LogP contribution in [0.25, 0.3) is 17.0 Å². The van der Waals surface area contributed by atoms with Crippen LogP contribution in [0.1, 0.15) is 121 Å². The maximum Gasteiger partial charge on any atom is 0.0488 e. The first kappa shape index (κ1) is 25.9. The Hall–Kier alpha value is -1.15. The third-order valence-corrected chi connectivity index (χ3v) is 9.83. The summed E-state index contributed by atoms with van der Waals surface area (Å²) in [7, 11) is 0. The molecule has 1 aromatic carbocycles. The zero-order valence-corrected chi connectivity index (χ0v) is 23.3. The summed E-state index contributed by atoms with van der Waals surface area (Å²) >= 11 is 4.39. The highest BCUT2D eigenvalue weighted by molar-refractivity contribution is 7.80. The topological polar surface area (TPSA) is 4.93 Å². The highest BCUT2D eigenvalue weighted by atomic mass is 32.1. The number of fused-ring (bicyclic) bond motifs is 1. The first-order valence-corrected chi connectivity index (χ1v) is 15.1. The van der Waals surface area contributed by atoms with Crippen LogP contribution in [-0.2, 0) is 6.54 Å². The fraction of sp³-hybridized carbons (Fsp3) is 0.688. The molecule has 34 heavy (non-hydrogen) atoms. The summed E-state index contributed by atoms with van der Waals surface area (Å²) in [6.45, 7) is 10.9. The van der Waals surface area contributed by atoms with E-state index >= 15 is 0 Å². The zero-order valence-electron chi connectivity index (χ0n) is 22.4. The molecular formula is C32H49NS. The Kier molecular flexibility index (Phi) is 9.30. The van der Waals surface area contributed by atoms with Gasteiger partial charge in [0.15, 0.2) is 0 Å². The van der Waals surface area contributed by atoms with E-state index in [2.05, 4.69) is 69.2 Å². The van der Waals surface area contributed by atoms with Gasteiger partial charge in [-0.15, -0.1) is 0 Å². The van der Waals surface area contributed by atoms with Crippen LogP contribution in [0.2, 0.25) is 0 Å². The van der Waals surface area contributed by atoms with Crippen molar-refractivity contribution in [3.8, 4) is 0 Å². The monoisotopic (exact) mass is 479 g/mol. The summed E-state index contributed by atoms with van der Waals surface area (Å²) < 4.78 is 2.62. The average molecular weight is 480 g/mol. The molecule has 0 bridgehead atoms. The number of aryl methyl sites for hydroxylation is 1. The van der Waals surface area contributed by atoms with E-state index in [0.29, 0.717) is 11.8 Å². The molecule has 0 spiro atoms. The Balaban J connectivity index is 1.67. The standard InChI is InChI=1S/C32H49NS/c1-23(24(2)27-13-7-8-14-27)21-30-26(4)33(19-11-5-6-12-20-34)32-18-17-29(22-31(30)32)25(3)28-15-9-10-16-28/h17-18,21-22,24-25,27-28,34H,5-16,19-20H2,1-4H3. The van der Waals surface area contributed by atoms with Gasteiger partial charge in [-0.1, -0.05) is 70.1 Å². The van der Waals surface area contributed by atoms with Crippen LogP contribution in [0.3, 0.4) is 0 Å². The van der Waals surface area contributed by atoms with E-state index in [-0.39, 0.29) is 0 Å². The van der Waals surface area contributed by atoms with Crippen molar-refractivity contribution in [1.82, 2.24) is 4.57 Å². The minimum atomic E-state index is 0.673. The lowest BCUT2D eigenvalue weighted by Gasteiger charge is -2.20. The van der Waals surface area contributed by atoms with E-state index in [0.717, 1.165) is 24.1 Å². The van der Waals surface area contributed by atoms with Crippen LogP contribution in [-0.4, -0.2) is 10.3 Å². The fourth-order valence-corrected chi connectivity index (χ4v) is 7.16. The zero-order chi connectivity index (χ0) is 24.1. The van der Waals surface area contributed by atoms with Crippen molar-refractivity contribution in [1.29, 1.82) is 0 Å². The van der Waals surface area contributed by atoms with Crippen LogP contribution in [0.4, 0.5) is 0 Å². The van der Waals surface area contributed by atoms with Crippen LogP contribution >= 0.6 is 12.6 Å².